The van der Waals surface area contributed by atoms with E-state index in [0.717, 1.165) is 10.2 Å². The van der Waals surface area contributed by atoms with Crippen LogP contribution in [0, 0.1) is 13.8 Å². The average Bonchev–Trinajstić information content (AvgIpc) is 2.71. The monoisotopic (exact) mass is 348 g/mol. The zero-order valence-electron chi connectivity index (χ0n) is 8.38. The van der Waals surface area contributed by atoms with Crippen LogP contribution in [0.2, 0.25) is 0 Å². The van der Waals surface area contributed by atoms with Crippen molar-refractivity contribution < 1.29 is 4.42 Å². The Bertz CT molecular complexity index is 473. The Balaban J connectivity index is 2.40. The molecule has 0 saturated carbocycles. The fourth-order valence-electron chi connectivity index (χ4n) is 1.44. The van der Waals surface area contributed by atoms with Crippen molar-refractivity contribution in [2.75, 3.05) is 0 Å². The Labute approximate surface area is 110 Å². The number of aryl methyl sites for hydroxylation is 2. The van der Waals surface area contributed by atoms with Crippen molar-refractivity contribution in [1.29, 1.82) is 0 Å². The number of thiophene rings is 1. The van der Waals surface area contributed by atoms with Gasteiger partial charge in [0.05, 0.1) is 6.26 Å². The number of rotatable bonds is 2. The summed E-state index contributed by atoms with van der Waals surface area (Å²) in [6.45, 7) is 4.16. The van der Waals surface area contributed by atoms with Crippen molar-refractivity contribution in [1.82, 2.24) is 0 Å². The van der Waals surface area contributed by atoms with Crippen LogP contribution >= 0.6 is 43.2 Å². The largest absolute Gasteiger partial charge is 0.467 e. The molecule has 4 heteroatoms. The van der Waals surface area contributed by atoms with E-state index < -0.39 is 0 Å². The van der Waals surface area contributed by atoms with Crippen LogP contribution in [0.4, 0.5) is 0 Å². The van der Waals surface area contributed by atoms with E-state index >= 15 is 0 Å². The van der Waals surface area contributed by atoms with Crippen LogP contribution < -0.4 is 0 Å². The van der Waals surface area contributed by atoms with Gasteiger partial charge in [-0.2, -0.15) is 0 Å². The van der Waals surface area contributed by atoms with Crippen molar-refractivity contribution in [2.24, 2.45) is 0 Å². The van der Waals surface area contributed by atoms with E-state index in [9.17, 15) is 0 Å². The number of alkyl halides is 1. The average molecular weight is 350 g/mol. The van der Waals surface area contributed by atoms with Crippen LogP contribution in [0.5, 0.6) is 0 Å². The summed E-state index contributed by atoms with van der Waals surface area (Å²) in [5.74, 6) is 0.984. The van der Waals surface area contributed by atoms with Crippen LogP contribution in [-0.4, -0.2) is 0 Å². The smallest absolute Gasteiger partial charge is 0.125 e. The lowest BCUT2D eigenvalue weighted by atomic mass is 10.2. The third-order valence-electron chi connectivity index (χ3n) is 2.20. The van der Waals surface area contributed by atoms with Crippen LogP contribution in [0.15, 0.2) is 27.3 Å². The first-order valence-corrected chi connectivity index (χ1v) is 7.06. The van der Waals surface area contributed by atoms with Crippen molar-refractivity contribution in [3.05, 3.63) is 43.9 Å². The second-order valence-corrected chi connectivity index (χ2v) is 6.46. The minimum absolute atomic E-state index is 0.139. The summed E-state index contributed by atoms with van der Waals surface area (Å²) in [5, 5.41) is 0. The van der Waals surface area contributed by atoms with E-state index in [-0.39, 0.29) is 4.83 Å². The molecule has 2 aromatic rings. The van der Waals surface area contributed by atoms with E-state index in [4.69, 9.17) is 4.42 Å². The Morgan fingerprint density at radius 3 is 2.60 bits per heavy atom. The topological polar surface area (TPSA) is 13.1 Å². The van der Waals surface area contributed by atoms with Gasteiger partial charge in [0.2, 0.25) is 0 Å². The first kappa shape index (κ1) is 11.4. The van der Waals surface area contributed by atoms with Gasteiger partial charge < -0.3 is 4.42 Å². The first-order valence-electron chi connectivity index (χ1n) is 4.53. The molecule has 1 atom stereocenters. The van der Waals surface area contributed by atoms with Gasteiger partial charge in [-0.15, -0.1) is 11.3 Å². The van der Waals surface area contributed by atoms with Crippen LogP contribution in [0.3, 0.4) is 0 Å². The number of hydrogen-bond donors (Lipinski definition) is 0. The van der Waals surface area contributed by atoms with Crippen LogP contribution in [0.1, 0.15) is 25.9 Å². The zero-order chi connectivity index (χ0) is 11.0. The lowest BCUT2D eigenvalue weighted by molar-refractivity contribution is 0.518. The molecule has 0 amide bonds. The molecule has 0 saturated heterocycles. The summed E-state index contributed by atoms with van der Waals surface area (Å²) in [7, 11) is 0. The molecule has 0 aliphatic heterocycles. The van der Waals surface area contributed by atoms with Gasteiger partial charge in [0.1, 0.15) is 10.6 Å². The highest BCUT2D eigenvalue weighted by molar-refractivity contribution is 9.11. The maximum Gasteiger partial charge on any atom is 0.125 e. The first-order chi connectivity index (χ1) is 7.09. The Kier molecular flexibility index (Phi) is 3.38. The minimum atomic E-state index is 0.139. The molecule has 15 heavy (non-hydrogen) atoms. The van der Waals surface area contributed by atoms with Crippen molar-refractivity contribution in [3.63, 3.8) is 0 Å². The Morgan fingerprint density at radius 2 is 2.13 bits per heavy atom. The molecular formula is C11H10Br2OS. The zero-order valence-corrected chi connectivity index (χ0v) is 12.4. The third kappa shape index (κ3) is 2.22. The highest BCUT2D eigenvalue weighted by Gasteiger charge is 2.20. The number of hydrogen-bond acceptors (Lipinski definition) is 2. The normalized spacial score (nSPS) is 13.1. The molecule has 2 heterocycles. The van der Waals surface area contributed by atoms with Gasteiger partial charge in [0.25, 0.3) is 0 Å². The molecule has 0 aromatic carbocycles. The summed E-state index contributed by atoms with van der Waals surface area (Å²) in [5.41, 5.74) is 1.18. The molecular weight excluding hydrogens is 340 g/mol. The molecule has 0 fully saturated rings. The summed E-state index contributed by atoms with van der Waals surface area (Å²) < 4.78 is 6.63. The van der Waals surface area contributed by atoms with E-state index in [1.165, 1.54) is 15.3 Å². The van der Waals surface area contributed by atoms with Gasteiger partial charge in [-0.05, 0) is 47.5 Å². The highest BCUT2D eigenvalue weighted by Crippen LogP contribution is 2.41. The fraction of sp³-hybridized carbons (Fsp3) is 0.273. The predicted octanol–water partition coefficient (Wildman–Crippen LogP) is 5.20. The van der Waals surface area contributed by atoms with E-state index in [1.807, 2.05) is 6.07 Å². The molecule has 2 rings (SSSR count). The van der Waals surface area contributed by atoms with Gasteiger partial charge in [-0.3, -0.25) is 0 Å². The maximum absolute atomic E-state index is 5.48. The third-order valence-corrected chi connectivity index (χ3v) is 5.41. The van der Waals surface area contributed by atoms with Crippen molar-refractivity contribution in [3.8, 4) is 0 Å². The quantitative estimate of drug-likeness (QED) is 0.678. The predicted molar refractivity (Wildman–Crippen MR) is 71.0 cm³/mol. The Hall–Kier alpha value is -0.0600. The van der Waals surface area contributed by atoms with Gasteiger partial charge in [0.15, 0.2) is 0 Å². The van der Waals surface area contributed by atoms with E-state index in [1.54, 1.807) is 17.6 Å². The van der Waals surface area contributed by atoms with Gasteiger partial charge in [-0.25, -0.2) is 0 Å². The molecule has 80 valence electrons. The standard InChI is InChI=1S/C11H10Br2OS/c1-6-3-4-14-10(6)9(13)11-8(12)5-7(2)15-11/h3-5,9H,1-2H3. The van der Waals surface area contributed by atoms with Crippen LogP contribution in [-0.2, 0) is 0 Å². The SMILES string of the molecule is Cc1cc(Br)c(C(Br)c2occc2C)s1. The molecule has 0 N–H and O–H groups in total. The van der Waals surface area contributed by atoms with Crippen molar-refractivity contribution >= 4 is 43.2 Å². The summed E-state index contributed by atoms with van der Waals surface area (Å²) in [6.07, 6.45) is 1.73. The van der Waals surface area contributed by atoms with E-state index in [2.05, 4.69) is 51.8 Å². The van der Waals surface area contributed by atoms with Gasteiger partial charge in [-0.1, -0.05) is 15.9 Å². The molecule has 1 nitrogen and oxygen atoms in total. The number of furan rings is 1. The van der Waals surface area contributed by atoms with Crippen molar-refractivity contribution in [2.45, 2.75) is 18.7 Å². The highest BCUT2D eigenvalue weighted by atomic mass is 79.9. The molecule has 0 spiro atoms. The van der Waals surface area contributed by atoms with Crippen LogP contribution in [0.25, 0.3) is 0 Å². The second kappa shape index (κ2) is 4.44. The molecule has 0 radical (unpaired) electrons. The summed E-state index contributed by atoms with van der Waals surface area (Å²) in [6, 6.07) is 4.12. The molecule has 1 unspecified atom stereocenters. The molecule has 0 aliphatic rings. The van der Waals surface area contributed by atoms with E-state index in [0.29, 0.717) is 0 Å². The maximum atomic E-state index is 5.48. The summed E-state index contributed by atoms with van der Waals surface area (Å²) >= 11 is 9.02. The molecule has 2 aromatic heterocycles. The van der Waals surface area contributed by atoms with Gasteiger partial charge in [0, 0.05) is 14.2 Å². The minimum Gasteiger partial charge on any atom is -0.467 e. The summed E-state index contributed by atoms with van der Waals surface area (Å²) in [4.78, 5) is 2.69. The Morgan fingerprint density at radius 1 is 1.40 bits per heavy atom. The lowest BCUT2D eigenvalue weighted by Crippen LogP contribution is -1.89. The number of halogens is 2. The molecule has 0 bridgehead atoms. The van der Waals surface area contributed by atoms with Gasteiger partial charge >= 0.3 is 0 Å². The molecule has 0 aliphatic carbocycles. The fourth-order valence-corrected chi connectivity index (χ4v) is 4.60. The lowest BCUT2D eigenvalue weighted by Gasteiger charge is -2.06. The second-order valence-electron chi connectivity index (χ2n) is 3.40.